The van der Waals surface area contributed by atoms with Gasteiger partial charge in [0.15, 0.2) is 0 Å². The predicted molar refractivity (Wildman–Crippen MR) is 118 cm³/mol. The van der Waals surface area contributed by atoms with E-state index in [4.69, 9.17) is 9.47 Å². The lowest BCUT2D eigenvalue weighted by molar-refractivity contribution is -0.111. The van der Waals surface area contributed by atoms with Crippen molar-refractivity contribution >= 4 is 34.2 Å². The summed E-state index contributed by atoms with van der Waals surface area (Å²) in [5, 5.41) is 9.10. The molecule has 0 saturated heterocycles. The topological polar surface area (TPSA) is 77.8 Å². The summed E-state index contributed by atoms with van der Waals surface area (Å²) < 4.78 is 12.6. The molecule has 0 aliphatic carbocycles. The van der Waals surface area contributed by atoms with E-state index in [1.54, 1.807) is 17.7 Å². The number of carbonyl (C=O) groups excluding carboxylic acids is 1. The van der Waals surface area contributed by atoms with Gasteiger partial charge in [-0.05, 0) is 42.8 Å². The molecule has 30 heavy (non-hydrogen) atoms. The van der Waals surface area contributed by atoms with Crippen LogP contribution in [0.2, 0.25) is 0 Å². The van der Waals surface area contributed by atoms with Gasteiger partial charge in [-0.25, -0.2) is 4.52 Å². The van der Waals surface area contributed by atoms with Crippen LogP contribution < -0.4 is 14.8 Å². The maximum atomic E-state index is 12.3. The maximum absolute atomic E-state index is 12.3. The van der Waals surface area contributed by atoms with Gasteiger partial charge in [0, 0.05) is 17.0 Å². The quantitative estimate of drug-likeness (QED) is 0.445. The van der Waals surface area contributed by atoms with Gasteiger partial charge in [0.2, 0.25) is 4.96 Å². The van der Waals surface area contributed by atoms with Gasteiger partial charge in [-0.15, -0.1) is 16.4 Å². The highest BCUT2D eigenvalue weighted by atomic mass is 32.1. The van der Waals surface area contributed by atoms with Crippen molar-refractivity contribution in [1.82, 2.24) is 14.6 Å². The van der Waals surface area contributed by atoms with E-state index in [0.717, 1.165) is 28.3 Å². The zero-order chi connectivity index (χ0) is 20.9. The fourth-order valence-corrected chi connectivity index (χ4v) is 3.76. The molecule has 1 N–H and O–H groups in total. The fraction of sp³-hybridized carbons (Fsp3) is 0.136. The lowest BCUT2D eigenvalue weighted by Crippen LogP contribution is -2.09. The number of ether oxygens (including phenoxy) is 2. The van der Waals surface area contributed by atoms with Crippen LogP contribution in [-0.2, 0) is 4.79 Å². The Hall–Kier alpha value is -3.65. The van der Waals surface area contributed by atoms with Crippen molar-refractivity contribution in [3.63, 3.8) is 0 Å². The van der Waals surface area contributed by atoms with Crippen molar-refractivity contribution in [2.24, 2.45) is 0 Å². The van der Waals surface area contributed by atoms with E-state index in [1.807, 2.05) is 60.8 Å². The minimum Gasteiger partial charge on any atom is -0.496 e. The third kappa shape index (κ3) is 4.18. The van der Waals surface area contributed by atoms with E-state index in [9.17, 15) is 4.79 Å². The third-order valence-corrected chi connectivity index (χ3v) is 5.13. The highest BCUT2D eigenvalue weighted by Gasteiger charge is 2.15. The molecule has 1 amide bonds. The predicted octanol–water partition coefficient (Wildman–Crippen LogP) is 4.52. The van der Waals surface area contributed by atoms with Crippen molar-refractivity contribution in [3.8, 4) is 22.8 Å². The summed E-state index contributed by atoms with van der Waals surface area (Å²) >= 11 is 1.44. The molecular weight excluding hydrogens is 400 g/mol. The smallest absolute Gasteiger partial charge is 0.250 e. The number of nitrogens with one attached hydrogen (secondary N) is 1. The SMILES string of the molecule is CCOc1ccc(/C=C/C(=O)Nc2nc3scc(-c4ccccc4OC)n3n2)cc1. The molecule has 0 saturated carbocycles. The average molecular weight is 420 g/mol. The molecule has 2 aromatic heterocycles. The second-order valence-electron chi connectivity index (χ2n) is 6.28. The van der Waals surface area contributed by atoms with Crippen molar-refractivity contribution in [3.05, 3.63) is 65.6 Å². The molecule has 2 heterocycles. The summed E-state index contributed by atoms with van der Waals surface area (Å²) in [7, 11) is 1.63. The number of hydrogen-bond donors (Lipinski definition) is 1. The van der Waals surface area contributed by atoms with E-state index in [-0.39, 0.29) is 11.9 Å². The molecule has 4 rings (SSSR count). The number of thiazole rings is 1. The summed E-state index contributed by atoms with van der Waals surface area (Å²) in [5.74, 6) is 1.49. The van der Waals surface area contributed by atoms with E-state index in [0.29, 0.717) is 11.6 Å². The Morgan fingerprint density at radius 3 is 2.77 bits per heavy atom. The van der Waals surface area contributed by atoms with Gasteiger partial charge in [-0.3, -0.25) is 10.1 Å². The van der Waals surface area contributed by atoms with Crippen molar-refractivity contribution in [2.75, 3.05) is 19.0 Å². The number of benzene rings is 2. The first kappa shape index (κ1) is 19.7. The Bertz CT molecular complexity index is 1190. The Balaban J connectivity index is 1.49. The zero-order valence-corrected chi connectivity index (χ0v) is 17.3. The molecule has 4 aromatic rings. The number of para-hydroxylation sites is 1. The molecule has 152 valence electrons. The van der Waals surface area contributed by atoms with Crippen LogP contribution in [0, 0.1) is 0 Å². The van der Waals surface area contributed by atoms with Crippen molar-refractivity contribution in [2.45, 2.75) is 6.92 Å². The Labute approximate surface area is 177 Å². The number of anilines is 1. The second-order valence-corrected chi connectivity index (χ2v) is 7.11. The minimum atomic E-state index is -0.305. The number of fused-ring (bicyclic) bond motifs is 1. The first-order valence-electron chi connectivity index (χ1n) is 9.37. The monoisotopic (exact) mass is 420 g/mol. The summed E-state index contributed by atoms with van der Waals surface area (Å²) in [5.41, 5.74) is 2.65. The first-order valence-corrected chi connectivity index (χ1v) is 10.3. The van der Waals surface area contributed by atoms with Crippen LogP contribution in [0.15, 0.2) is 60.0 Å². The number of methoxy groups -OCH3 is 1. The van der Waals surface area contributed by atoms with Crippen molar-refractivity contribution in [1.29, 1.82) is 0 Å². The van der Waals surface area contributed by atoms with Gasteiger partial charge in [0.1, 0.15) is 11.5 Å². The Kier molecular flexibility index (Phi) is 5.76. The molecule has 7 nitrogen and oxygen atoms in total. The number of aromatic nitrogens is 3. The average Bonchev–Trinajstić information content (AvgIpc) is 3.33. The van der Waals surface area contributed by atoms with Crippen molar-refractivity contribution < 1.29 is 14.3 Å². The molecule has 0 aliphatic rings. The van der Waals surface area contributed by atoms with Gasteiger partial charge in [-0.2, -0.15) is 4.98 Å². The zero-order valence-electron chi connectivity index (χ0n) is 16.5. The summed E-state index contributed by atoms with van der Waals surface area (Å²) in [6.45, 7) is 2.55. The van der Waals surface area contributed by atoms with Crippen LogP contribution in [-0.4, -0.2) is 34.2 Å². The molecule has 0 bridgehead atoms. The Morgan fingerprint density at radius 2 is 2.00 bits per heavy atom. The molecule has 2 aromatic carbocycles. The van der Waals surface area contributed by atoms with Gasteiger partial charge < -0.3 is 9.47 Å². The minimum absolute atomic E-state index is 0.249. The lowest BCUT2D eigenvalue weighted by atomic mass is 10.1. The molecule has 8 heteroatoms. The standard InChI is InChI=1S/C22H20N4O3S/c1-3-29-16-11-8-15(9-12-16)10-13-20(27)23-21-24-22-26(25-21)18(14-30-22)17-6-4-5-7-19(17)28-2/h4-14H,3H2,1-2H3,(H,23,25,27)/b13-10+. The largest absolute Gasteiger partial charge is 0.496 e. The third-order valence-electron chi connectivity index (χ3n) is 4.32. The van der Waals surface area contributed by atoms with Gasteiger partial charge >= 0.3 is 0 Å². The summed E-state index contributed by atoms with van der Waals surface area (Å²) in [6, 6.07) is 15.2. The molecular formula is C22H20N4O3S. The number of nitrogens with zero attached hydrogens (tertiary/aromatic N) is 3. The second kappa shape index (κ2) is 8.79. The van der Waals surface area contributed by atoms with E-state index >= 15 is 0 Å². The fourth-order valence-electron chi connectivity index (χ4n) is 2.94. The van der Waals surface area contributed by atoms with Crippen LogP contribution in [0.1, 0.15) is 12.5 Å². The number of rotatable bonds is 7. The molecule has 0 atom stereocenters. The van der Waals surface area contributed by atoms with Crippen LogP contribution in [0.5, 0.6) is 11.5 Å². The molecule has 0 aliphatic heterocycles. The van der Waals surface area contributed by atoms with Crippen LogP contribution in [0.25, 0.3) is 22.3 Å². The number of amides is 1. The summed E-state index contributed by atoms with van der Waals surface area (Å²) in [4.78, 5) is 17.4. The van der Waals surface area contributed by atoms with E-state index in [2.05, 4.69) is 15.4 Å². The van der Waals surface area contributed by atoms with Gasteiger partial charge in [0.25, 0.3) is 11.9 Å². The molecule has 0 fully saturated rings. The van der Waals surface area contributed by atoms with E-state index < -0.39 is 0 Å². The van der Waals surface area contributed by atoms with Gasteiger partial charge in [-0.1, -0.05) is 24.3 Å². The lowest BCUT2D eigenvalue weighted by Gasteiger charge is -2.06. The first-order chi connectivity index (χ1) is 14.7. The number of hydrogen-bond acceptors (Lipinski definition) is 6. The number of carbonyl (C=O) groups is 1. The van der Waals surface area contributed by atoms with E-state index in [1.165, 1.54) is 17.4 Å². The molecule has 0 unspecified atom stereocenters. The van der Waals surface area contributed by atoms with Gasteiger partial charge in [0.05, 0.1) is 19.4 Å². The highest BCUT2D eigenvalue weighted by Crippen LogP contribution is 2.32. The Morgan fingerprint density at radius 1 is 1.20 bits per heavy atom. The normalized spacial score (nSPS) is 11.1. The van der Waals surface area contributed by atoms with Crippen LogP contribution in [0.3, 0.4) is 0 Å². The van der Waals surface area contributed by atoms with Crippen LogP contribution in [0.4, 0.5) is 5.95 Å². The molecule has 0 spiro atoms. The van der Waals surface area contributed by atoms with Crippen LogP contribution >= 0.6 is 11.3 Å². The molecule has 0 radical (unpaired) electrons. The maximum Gasteiger partial charge on any atom is 0.250 e. The summed E-state index contributed by atoms with van der Waals surface area (Å²) in [6.07, 6.45) is 3.18. The highest BCUT2D eigenvalue weighted by molar-refractivity contribution is 7.15.